The smallest absolute Gasteiger partial charge is 0.408 e. The van der Waals surface area contributed by atoms with Crippen LogP contribution in [0.15, 0.2) is 30.3 Å². The minimum atomic E-state index is -0.820. The number of hydrogen-bond acceptors (Lipinski definition) is 4. The molecule has 0 aliphatic carbocycles. The van der Waals surface area contributed by atoms with E-state index in [1.165, 1.54) is 4.90 Å². The van der Waals surface area contributed by atoms with Crippen molar-refractivity contribution in [2.75, 3.05) is 13.6 Å². The fourth-order valence-electron chi connectivity index (χ4n) is 2.97. The zero-order chi connectivity index (χ0) is 22.9. The van der Waals surface area contributed by atoms with Gasteiger partial charge in [0.05, 0.1) is 0 Å². The van der Waals surface area contributed by atoms with Crippen LogP contribution in [-0.2, 0) is 14.3 Å². The zero-order valence-corrected chi connectivity index (χ0v) is 19.3. The number of carbonyl (C=O) groups is 3. The number of benzene rings is 1. The maximum atomic E-state index is 13.3. The number of rotatable bonds is 9. The third-order valence-electron chi connectivity index (χ3n) is 4.53. The lowest BCUT2D eigenvalue weighted by Gasteiger charge is -2.33. The van der Waals surface area contributed by atoms with E-state index < -0.39 is 23.8 Å². The van der Waals surface area contributed by atoms with E-state index in [9.17, 15) is 14.4 Å². The Hall–Kier alpha value is -2.57. The summed E-state index contributed by atoms with van der Waals surface area (Å²) in [5.74, 6) is -0.785. The molecule has 2 N–H and O–H groups in total. The van der Waals surface area contributed by atoms with Gasteiger partial charge in [0.15, 0.2) is 0 Å². The van der Waals surface area contributed by atoms with E-state index in [0.29, 0.717) is 12.1 Å². The van der Waals surface area contributed by atoms with Crippen LogP contribution in [0.2, 0.25) is 0 Å². The van der Waals surface area contributed by atoms with Gasteiger partial charge in [-0.05, 0) is 38.7 Å². The lowest BCUT2D eigenvalue weighted by molar-refractivity contribution is -0.141. The van der Waals surface area contributed by atoms with Gasteiger partial charge in [0.1, 0.15) is 17.7 Å². The van der Waals surface area contributed by atoms with E-state index in [4.69, 9.17) is 4.74 Å². The van der Waals surface area contributed by atoms with Gasteiger partial charge in [0.25, 0.3) is 0 Å². The normalized spacial score (nSPS) is 13.3. The maximum Gasteiger partial charge on any atom is 0.408 e. The minimum Gasteiger partial charge on any atom is -0.444 e. The number of carbonyl (C=O) groups excluding carboxylic acids is 3. The van der Waals surface area contributed by atoms with Crippen molar-refractivity contribution < 1.29 is 19.1 Å². The highest BCUT2D eigenvalue weighted by atomic mass is 16.6. The van der Waals surface area contributed by atoms with E-state index in [0.717, 1.165) is 12.8 Å². The summed E-state index contributed by atoms with van der Waals surface area (Å²) in [7, 11) is 1.59. The van der Waals surface area contributed by atoms with Crippen LogP contribution >= 0.6 is 0 Å². The molecule has 0 heterocycles. The highest BCUT2D eigenvalue weighted by molar-refractivity contribution is 5.92. The van der Waals surface area contributed by atoms with Gasteiger partial charge < -0.3 is 20.3 Å². The predicted molar refractivity (Wildman–Crippen MR) is 118 cm³/mol. The molecule has 7 heteroatoms. The second kappa shape index (κ2) is 11.6. The largest absolute Gasteiger partial charge is 0.444 e. The third kappa shape index (κ3) is 8.05. The summed E-state index contributed by atoms with van der Waals surface area (Å²) in [6.45, 7) is 11.6. The molecule has 0 aliphatic heterocycles. The van der Waals surface area contributed by atoms with Crippen molar-refractivity contribution >= 4 is 17.9 Å². The van der Waals surface area contributed by atoms with Crippen molar-refractivity contribution in [3.8, 4) is 0 Å². The molecule has 0 saturated carbocycles. The number of nitrogens with zero attached hydrogens (tertiary/aromatic N) is 1. The molecule has 0 bridgehead atoms. The average molecular weight is 420 g/mol. The average Bonchev–Trinajstić information content (AvgIpc) is 2.65. The molecule has 1 aromatic carbocycles. The molecular weight excluding hydrogens is 382 g/mol. The lowest BCUT2D eigenvalue weighted by Crippen LogP contribution is -2.53. The molecule has 0 radical (unpaired) electrons. The molecular formula is C23H37N3O4. The quantitative estimate of drug-likeness (QED) is 0.598. The summed E-state index contributed by atoms with van der Waals surface area (Å²) in [6.07, 6.45) is 1.16. The third-order valence-corrected chi connectivity index (χ3v) is 4.53. The SMILES string of the molecule is CCCCNC(=O)C(c1ccccc1)N(C)C(=O)C(NC(=O)OC(C)(C)C)C(C)C. The van der Waals surface area contributed by atoms with Crippen molar-refractivity contribution in [2.45, 2.75) is 72.1 Å². The fraction of sp³-hybridized carbons (Fsp3) is 0.609. The first-order chi connectivity index (χ1) is 14.0. The summed E-state index contributed by atoms with van der Waals surface area (Å²) in [5, 5.41) is 5.58. The highest BCUT2D eigenvalue weighted by Crippen LogP contribution is 2.22. The Bertz CT molecular complexity index is 698. The number of ether oxygens (including phenoxy) is 1. The summed E-state index contributed by atoms with van der Waals surface area (Å²) in [4.78, 5) is 39.9. The zero-order valence-electron chi connectivity index (χ0n) is 19.3. The molecule has 7 nitrogen and oxygen atoms in total. The van der Waals surface area contributed by atoms with Gasteiger partial charge in [-0.15, -0.1) is 0 Å². The summed E-state index contributed by atoms with van der Waals surface area (Å²) < 4.78 is 5.31. The Morgan fingerprint density at radius 2 is 1.70 bits per heavy atom. The molecule has 3 amide bonds. The maximum absolute atomic E-state index is 13.3. The van der Waals surface area contributed by atoms with E-state index in [1.807, 2.05) is 51.1 Å². The van der Waals surface area contributed by atoms with Gasteiger partial charge in [-0.3, -0.25) is 9.59 Å². The highest BCUT2D eigenvalue weighted by Gasteiger charge is 2.35. The van der Waals surface area contributed by atoms with Gasteiger partial charge in [0.2, 0.25) is 11.8 Å². The Kier molecular flexibility index (Phi) is 9.82. The van der Waals surface area contributed by atoms with Crippen molar-refractivity contribution in [1.29, 1.82) is 0 Å². The summed E-state index contributed by atoms with van der Waals surface area (Å²) in [6, 6.07) is 7.55. The molecule has 0 aromatic heterocycles. The van der Waals surface area contributed by atoms with Gasteiger partial charge in [0, 0.05) is 13.6 Å². The Balaban J connectivity index is 3.09. The lowest BCUT2D eigenvalue weighted by atomic mass is 9.99. The van der Waals surface area contributed by atoms with Gasteiger partial charge in [-0.25, -0.2) is 4.79 Å². The number of alkyl carbamates (subject to hydrolysis) is 1. The van der Waals surface area contributed by atoms with E-state index >= 15 is 0 Å². The molecule has 30 heavy (non-hydrogen) atoms. The van der Waals surface area contributed by atoms with Crippen molar-refractivity contribution in [3.63, 3.8) is 0 Å². The molecule has 0 aliphatic rings. The van der Waals surface area contributed by atoms with Crippen LogP contribution in [0.25, 0.3) is 0 Å². The van der Waals surface area contributed by atoms with Crippen LogP contribution < -0.4 is 10.6 Å². The van der Waals surface area contributed by atoms with Gasteiger partial charge in [-0.2, -0.15) is 0 Å². The van der Waals surface area contributed by atoms with Crippen molar-refractivity contribution in [3.05, 3.63) is 35.9 Å². The number of nitrogens with one attached hydrogen (secondary N) is 2. The minimum absolute atomic E-state index is 0.188. The number of likely N-dealkylation sites (N-methyl/N-ethyl adjacent to an activating group) is 1. The van der Waals surface area contributed by atoms with E-state index in [2.05, 4.69) is 10.6 Å². The topological polar surface area (TPSA) is 87.7 Å². The van der Waals surface area contributed by atoms with Crippen LogP contribution in [-0.4, -0.2) is 48.0 Å². The monoisotopic (exact) mass is 419 g/mol. The molecule has 2 unspecified atom stereocenters. The van der Waals surface area contributed by atoms with Crippen molar-refractivity contribution in [2.24, 2.45) is 5.92 Å². The molecule has 0 fully saturated rings. The second-order valence-electron chi connectivity index (χ2n) is 8.77. The standard InChI is InChI=1S/C23H37N3O4/c1-8-9-15-24-20(27)19(17-13-11-10-12-14-17)26(7)21(28)18(16(2)3)25-22(29)30-23(4,5)6/h10-14,16,18-19H,8-9,15H2,1-7H3,(H,24,27)(H,25,29). The molecule has 1 aromatic rings. The number of hydrogen-bond donors (Lipinski definition) is 2. The number of unbranched alkanes of at least 4 members (excludes halogenated alkanes) is 1. The molecule has 0 saturated heterocycles. The van der Waals surface area contributed by atoms with Crippen LogP contribution in [0.4, 0.5) is 4.79 Å². The van der Waals surface area contributed by atoms with Gasteiger partial charge in [-0.1, -0.05) is 57.5 Å². The Morgan fingerprint density at radius 1 is 1.10 bits per heavy atom. The first kappa shape index (κ1) is 25.5. The van der Waals surface area contributed by atoms with Crippen molar-refractivity contribution in [1.82, 2.24) is 15.5 Å². The number of amides is 3. The van der Waals surface area contributed by atoms with E-state index in [1.54, 1.807) is 27.8 Å². The summed E-state index contributed by atoms with van der Waals surface area (Å²) in [5.41, 5.74) is 0.0360. The molecule has 0 spiro atoms. The first-order valence-electron chi connectivity index (χ1n) is 10.6. The summed E-state index contributed by atoms with van der Waals surface area (Å²) >= 11 is 0. The molecule has 1 rings (SSSR count). The van der Waals surface area contributed by atoms with Gasteiger partial charge >= 0.3 is 6.09 Å². The fourth-order valence-corrected chi connectivity index (χ4v) is 2.97. The van der Waals surface area contributed by atoms with E-state index in [-0.39, 0.29) is 17.7 Å². The molecule has 168 valence electrons. The van der Waals surface area contributed by atoms with Crippen LogP contribution in [0.3, 0.4) is 0 Å². The predicted octanol–water partition coefficient (Wildman–Crippen LogP) is 3.65. The Labute approximate surface area is 180 Å². The second-order valence-corrected chi connectivity index (χ2v) is 8.77. The first-order valence-corrected chi connectivity index (χ1v) is 10.6. The molecule has 2 atom stereocenters. The van der Waals surface area contributed by atoms with Crippen LogP contribution in [0, 0.1) is 5.92 Å². The van der Waals surface area contributed by atoms with Crippen LogP contribution in [0.1, 0.15) is 66.0 Å². The Morgan fingerprint density at radius 3 is 2.20 bits per heavy atom. The van der Waals surface area contributed by atoms with Crippen LogP contribution in [0.5, 0.6) is 0 Å².